The average molecular weight is 357 g/mol. The number of likely N-dealkylation sites (N-methyl/N-ethyl adjacent to an activating group) is 1. The molecule has 1 aromatic rings. The summed E-state index contributed by atoms with van der Waals surface area (Å²) in [7, 11) is 2.03. The second-order valence-corrected chi connectivity index (χ2v) is 6.62. The minimum Gasteiger partial charge on any atom is -0.492 e. The highest BCUT2D eigenvalue weighted by Gasteiger charge is 2.24. The van der Waals surface area contributed by atoms with Crippen molar-refractivity contribution < 1.29 is 14.3 Å². The van der Waals surface area contributed by atoms with E-state index in [4.69, 9.17) is 4.74 Å². The molecule has 1 saturated heterocycles. The van der Waals surface area contributed by atoms with E-state index in [-0.39, 0.29) is 17.3 Å². The lowest BCUT2D eigenvalue weighted by atomic mass is 10.2. The maximum absolute atomic E-state index is 11.5. The Hall–Kier alpha value is -2.51. The van der Waals surface area contributed by atoms with Gasteiger partial charge in [0.25, 0.3) is 11.1 Å². The minimum absolute atomic E-state index is 0.181. The molecule has 0 aliphatic carbocycles. The Morgan fingerprint density at radius 1 is 1.24 bits per heavy atom. The standard InChI is InChI=1S/C18H19N3O3S/c1-21(16-4-2-3-9-19-16)10-11-24-14-7-5-13(6-8-14)12-15-17(22)20-18(23)25-15/h2-9,12,16,19H,10-11H2,1H3,(H,20,22,23)/b15-12+. The molecule has 2 N–H and O–H groups in total. The fourth-order valence-corrected chi connectivity index (χ4v) is 3.07. The number of nitrogens with zero attached hydrogens (tertiary/aromatic N) is 1. The fourth-order valence-electron chi connectivity index (χ4n) is 2.39. The first-order valence-corrected chi connectivity index (χ1v) is 8.71. The Morgan fingerprint density at radius 3 is 2.68 bits per heavy atom. The highest BCUT2D eigenvalue weighted by atomic mass is 32.2. The van der Waals surface area contributed by atoms with Gasteiger partial charge in [0.2, 0.25) is 0 Å². The van der Waals surface area contributed by atoms with E-state index in [0.29, 0.717) is 11.5 Å². The van der Waals surface area contributed by atoms with Crippen LogP contribution in [0, 0.1) is 0 Å². The lowest BCUT2D eigenvalue weighted by Crippen LogP contribution is -2.42. The summed E-state index contributed by atoms with van der Waals surface area (Å²) in [6.07, 6.45) is 9.86. The molecule has 0 radical (unpaired) electrons. The van der Waals surface area contributed by atoms with E-state index < -0.39 is 0 Å². The quantitative estimate of drug-likeness (QED) is 0.762. The van der Waals surface area contributed by atoms with Crippen LogP contribution in [0.5, 0.6) is 5.75 Å². The van der Waals surface area contributed by atoms with Crippen molar-refractivity contribution in [2.75, 3.05) is 20.2 Å². The second-order valence-electron chi connectivity index (χ2n) is 5.61. The van der Waals surface area contributed by atoms with Crippen molar-refractivity contribution in [2.45, 2.75) is 6.17 Å². The molecule has 1 unspecified atom stereocenters. The van der Waals surface area contributed by atoms with Crippen LogP contribution in [0.3, 0.4) is 0 Å². The van der Waals surface area contributed by atoms with E-state index in [2.05, 4.69) is 21.6 Å². The van der Waals surface area contributed by atoms with Gasteiger partial charge in [-0.1, -0.05) is 18.2 Å². The molecule has 7 heteroatoms. The molecule has 1 aromatic carbocycles. The van der Waals surface area contributed by atoms with Gasteiger partial charge in [-0.2, -0.15) is 0 Å². The predicted molar refractivity (Wildman–Crippen MR) is 98.9 cm³/mol. The summed E-state index contributed by atoms with van der Waals surface area (Å²) >= 11 is 0.912. The molecular weight excluding hydrogens is 338 g/mol. The Kier molecular flexibility index (Phi) is 5.57. The number of carbonyl (C=O) groups is 2. The molecular formula is C18H19N3O3S. The van der Waals surface area contributed by atoms with Gasteiger partial charge in [-0.3, -0.25) is 19.8 Å². The van der Waals surface area contributed by atoms with Gasteiger partial charge in [-0.15, -0.1) is 0 Å². The normalized spacial score (nSPS) is 20.9. The summed E-state index contributed by atoms with van der Waals surface area (Å²) < 4.78 is 5.76. The first-order valence-electron chi connectivity index (χ1n) is 7.89. The predicted octanol–water partition coefficient (Wildman–Crippen LogP) is 2.32. The Morgan fingerprint density at radius 2 is 2.04 bits per heavy atom. The molecule has 2 amide bonds. The van der Waals surface area contributed by atoms with Crippen LogP contribution in [0.15, 0.2) is 53.6 Å². The van der Waals surface area contributed by atoms with Gasteiger partial charge in [0.1, 0.15) is 12.4 Å². The van der Waals surface area contributed by atoms with Gasteiger partial charge in [0, 0.05) is 6.54 Å². The van der Waals surface area contributed by atoms with Crippen LogP contribution in [0.2, 0.25) is 0 Å². The SMILES string of the molecule is CN(CCOc1ccc(/C=C2/SC(=O)NC2=O)cc1)C1C=CC=CN1. The summed E-state index contributed by atoms with van der Waals surface area (Å²) in [4.78, 5) is 25.2. The number of hydrogen-bond acceptors (Lipinski definition) is 6. The average Bonchev–Trinajstić information content (AvgIpc) is 2.94. The molecule has 1 fully saturated rings. The van der Waals surface area contributed by atoms with E-state index >= 15 is 0 Å². The number of thioether (sulfide) groups is 1. The molecule has 1 atom stereocenters. The van der Waals surface area contributed by atoms with Crippen molar-refractivity contribution in [3.05, 3.63) is 59.2 Å². The smallest absolute Gasteiger partial charge is 0.290 e. The maximum atomic E-state index is 11.5. The lowest BCUT2D eigenvalue weighted by molar-refractivity contribution is -0.115. The first-order chi connectivity index (χ1) is 12.1. The number of imide groups is 1. The Balaban J connectivity index is 1.49. The van der Waals surface area contributed by atoms with E-state index in [0.717, 1.165) is 29.6 Å². The Labute approximate surface area is 150 Å². The molecule has 0 saturated carbocycles. The molecule has 2 heterocycles. The molecule has 0 aromatic heterocycles. The number of ether oxygens (including phenoxy) is 1. The zero-order valence-electron chi connectivity index (χ0n) is 13.8. The molecule has 3 rings (SSSR count). The van der Waals surface area contributed by atoms with Gasteiger partial charge in [-0.25, -0.2) is 0 Å². The van der Waals surface area contributed by atoms with E-state index in [1.54, 1.807) is 6.08 Å². The topological polar surface area (TPSA) is 70.7 Å². The van der Waals surface area contributed by atoms with Gasteiger partial charge < -0.3 is 10.1 Å². The first kappa shape index (κ1) is 17.3. The van der Waals surface area contributed by atoms with Gasteiger partial charge in [-0.05, 0) is 60.9 Å². The van der Waals surface area contributed by atoms with Crippen LogP contribution in [-0.4, -0.2) is 42.4 Å². The zero-order chi connectivity index (χ0) is 17.6. The monoisotopic (exact) mass is 357 g/mol. The third-order valence-electron chi connectivity index (χ3n) is 3.78. The number of hydrogen-bond donors (Lipinski definition) is 2. The van der Waals surface area contributed by atoms with Crippen LogP contribution in [0.25, 0.3) is 6.08 Å². The summed E-state index contributed by atoms with van der Waals surface area (Å²) in [5, 5.41) is 5.16. The van der Waals surface area contributed by atoms with Crippen molar-refractivity contribution in [3.8, 4) is 5.75 Å². The van der Waals surface area contributed by atoms with Crippen molar-refractivity contribution in [2.24, 2.45) is 0 Å². The highest BCUT2D eigenvalue weighted by Crippen LogP contribution is 2.26. The third-order valence-corrected chi connectivity index (χ3v) is 4.59. The number of allylic oxidation sites excluding steroid dienone is 2. The van der Waals surface area contributed by atoms with Crippen LogP contribution < -0.4 is 15.4 Å². The van der Waals surface area contributed by atoms with E-state index in [9.17, 15) is 9.59 Å². The highest BCUT2D eigenvalue weighted by molar-refractivity contribution is 8.18. The van der Waals surface area contributed by atoms with Crippen LogP contribution >= 0.6 is 11.8 Å². The number of amides is 2. The summed E-state index contributed by atoms with van der Waals surface area (Å²) in [5.74, 6) is 0.417. The number of rotatable bonds is 6. The van der Waals surface area contributed by atoms with Crippen LogP contribution in [-0.2, 0) is 4.79 Å². The van der Waals surface area contributed by atoms with Gasteiger partial charge in [0.15, 0.2) is 0 Å². The van der Waals surface area contributed by atoms with Crippen molar-refractivity contribution in [1.82, 2.24) is 15.5 Å². The minimum atomic E-state index is -0.349. The molecule has 130 valence electrons. The molecule has 0 bridgehead atoms. The van der Waals surface area contributed by atoms with Gasteiger partial charge >= 0.3 is 0 Å². The summed E-state index contributed by atoms with van der Waals surface area (Å²) in [5.41, 5.74) is 0.847. The molecule has 2 aliphatic heterocycles. The molecule has 6 nitrogen and oxygen atoms in total. The van der Waals surface area contributed by atoms with Crippen LogP contribution in [0.4, 0.5) is 4.79 Å². The van der Waals surface area contributed by atoms with Crippen LogP contribution in [0.1, 0.15) is 5.56 Å². The van der Waals surface area contributed by atoms with Gasteiger partial charge in [0.05, 0.1) is 11.1 Å². The number of dihydropyridines is 1. The largest absolute Gasteiger partial charge is 0.492 e. The fraction of sp³-hybridized carbons (Fsp3) is 0.222. The number of carbonyl (C=O) groups excluding carboxylic acids is 2. The molecule has 25 heavy (non-hydrogen) atoms. The second kappa shape index (κ2) is 8.04. The summed E-state index contributed by atoms with van der Waals surface area (Å²) in [6, 6.07) is 7.43. The lowest BCUT2D eigenvalue weighted by Gasteiger charge is -2.26. The van der Waals surface area contributed by atoms with Crippen molar-refractivity contribution in [3.63, 3.8) is 0 Å². The molecule has 2 aliphatic rings. The third kappa shape index (κ3) is 4.74. The summed E-state index contributed by atoms with van der Waals surface area (Å²) in [6.45, 7) is 1.35. The number of nitrogens with one attached hydrogen (secondary N) is 2. The molecule has 0 spiro atoms. The van der Waals surface area contributed by atoms with Crippen molar-refractivity contribution in [1.29, 1.82) is 0 Å². The van der Waals surface area contributed by atoms with Crippen molar-refractivity contribution >= 4 is 29.0 Å². The zero-order valence-corrected chi connectivity index (χ0v) is 14.6. The van der Waals surface area contributed by atoms with E-state index in [1.165, 1.54) is 0 Å². The number of benzene rings is 1. The van der Waals surface area contributed by atoms with E-state index in [1.807, 2.05) is 49.7 Å². The Bertz CT molecular complexity index is 740. The maximum Gasteiger partial charge on any atom is 0.290 e.